The molecule has 0 radical (unpaired) electrons. The molecular formula is C22H18N4O3. The lowest BCUT2D eigenvalue weighted by atomic mass is 10.2. The van der Waals surface area contributed by atoms with Gasteiger partial charge in [0.2, 0.25) is 0 Å². The third kappa shape index (κ3) is 3.96. The van der Waals surface area contributed by atoms with E-state index in [4.69, 9.17) is 14.4 Å². The van der Waals surface area contributed by atoms with Crippen LogP contribution in [0.3, 0.4) is 0 Å². The number of amides is 1. The van der Waals surface area contributed by atoms with Gasteiger partial charge >= 0.3 is 0 Å². The van der Waals surface area contributed by atoms with Crippen molar-refractivity contribution in [2.24, 2.45) is 0 Å². The van der Waals surface area contributed by atoms with Crippen LogP contribution in [0.25, 0.3) is 11.0 Å². The second-order valence-electron chi connectivity index (χ2n) is 6.50. The molecule has 144 valence electrons. The summed E-state index contributed by atoms with van der Waals surface area (Å²) in [5.41, 5.74) is 2.20. The summed E-state index contributed by atoms with van der Waals surface area (Å²) in [4.78, 5) is 20.2. The largest absolute Gasteiger partial charge is 0.484 e. The molecule has 2 heterocycles. The van der Waals surface area contributed by atoms with Gasteiger partial charge in [0.25, 0.3) is 5.91 Å². The van der Waals surface area contributed by atoms with Gasteiger partial charge in [0.1, 0.15) is 30.0 Å². The molecule has 4 aromatic rings. The topological polar surface area (TPSA) is 104 Å². The maximum atomic E-state index is 12.5. The Morgan fingerprint density at radius 1 is 1.21 bits per heavy atom. The number of aromatic amines is 1. The monoisotopic (exact) mass is 386 g/mol. The molecule has 0 aliphatic heterocycles. The van der Waals surface area contributed by atoms with E-state index in [2.05, 4.69) is 21.4 Å². The smallest absolute Gasteiger partial charge is 0.287 e. The Labute approximate surface area is 166 Å². The van der Waals surface area contributed by atoms with E-state index in [1.54, 1.807) is 36.4 Å². The number of hydrogen-bond acceptors (Lipinski definition) is 5. The summed E-state index contributed by atoms with van der Waals surface area (Å²) < 4.78 is 11.2. The number of imidazole rings is 1. The third-order valence-electron chi connectivity index (χ3n) is 4.43. The molecule has 7 nitrogen and oxygen atoms in total. The Balaban J connectivity index is 1.39. The van der Waals surface area contributed by atoms with E-state index < -0.39 is 0 Å². The molecule has 2 aromatic heterocycles. The minimum Gasteiger partial charge on any atom is -0.484 e. The highest BCUT2D eigenvalue weighted by Gasteiger charge is 2.17. The molecule has 0 spiro atoms. The van der Waals surface area contributed by atoms with Crippen LogP contribution < -0.4 is 10.1 Å². The number of carbonyl (C=O) groups is 1. The molecule has 2 aromatic carbocycles. The minimum absolute atomic E-state index is 0.116. The number of rotatable bonds is 6. The second kappa shape index (κ2) is 7.90. The molecule has 0 saturated carbocycles. The summed E-state index contributed by atoms with van der Waals surface area (Å²) in [5.74, 6) is 1.46. The molecule has 1 amide bonds. The quantitative estimate of drug-likeness (QED) is 0.519. The van der Waals surface area contributed by atoms with E-state index in [9.17, 15) is 4.79 Å². The van der Waals surface area contributed by atoms with Crippen molar-refractivity contribution in [3.8, 4) is 11.8 Å². The molecule has 2 N–H and O–H groups in total. The second-order valence-corrected chi connectivity index (χ2v) is 6.50. The van der Waals surface area contributed by atoms with Gasteiger partial charge < -0.3 is 19.5 Å². The van der Waals surface area contributed by atoms with Crippen LogP contribution in [0.1, 0.15) is 40.7 Å². The van der Waals surface area contributed by atoms with Crippen molar-refractivity contribution in [1.82, 2.24) is 15.3 Å². The van der Waals surface area contributed by atoms with E-state index in [0.717, 1.165) is 11.0 Å². The number of nitrogens with zero attached hydrogens (tertiary/aromatic N) is 2. The summed E-state index contributed by atoms with van der Waals surface area (Å²) >= 11 is 0. The number of nitrogens with one attached hydrogen (secondary N) is 2. The average Bonchev–Trinajstić information content (AvgIpc) is 3.39. The SMILES string of the molecule is CC(NC(=O)c1ccc(COc2ccccc2C#N)o1)c1nc2ccccc2[nH]1. The first-order valence-corrected chi connectivity index (χ1v) is 9.10. The Kier molecular flexibility index (Phi) is 4.99. The summed E-state index contributed by atoms with van der Waals surface area (Å²) in [6.45, 7) is 1.96. The maximum Gasteiger partial charge on any atom is 0.287 e. The van der Waals surface area contributed by atoms with Crippen LogP contribution in [0.2, 0.25) is 0 Å². The fraction of sp³-hybridized carbons (Fsp3) is 0.136. The fourth-order valence-electron chi connectivity index (χ4n) is 2.93. The van der Waals surface area contributed by atoms with E-state index >= 15 is 0 Å². The van der Waals surface area contributed by atoms with Crippen LogP contribution in [0.4, 0.5) is 0 Å². The van der Waals surface area contributed by atoms with Crippen molar-refractivity contribution in [3.05, 3.63) is 83.6 Å². The van der Waals surface area contributed by atoms with Crippen LogP contribution in [-0.2, 0) is 6.61 Å². The van der Waals surface area contributed by atoms with Crippen molar-refractivity contribution in [3.63, 3.8) is 0 Å². The molecule has 7 heteroatoms. The Bertz CT molecular complexity index is 1170. The van der Waals surface area contributed by atoms with Crippen LogP contribution in [0.5, 0.6) is 5.75 Å². The number of aromatic nitrogens is 2. The van der Waals surface area contributed by atoms with Gasteiger partial charge in [-0.05, 0) is 43.3 Å². The van der Waals surface area contributed by atoms with Gasteiger partial charge in [-0.15, -0.1) is 0 Å². The highest BCUT2D eigenvalue weighted by atomic mass is 16.5. The first kappa shape index (κ1) is 18.3. The molecule has 1 atom stereocenters. The highest BCUT2D eigenvalue weighted by Crippen LogP contribution is 2.20. The molecule has 0 saturated heterocycles. The zero-order valence-electron chi connectivity index (χ0n) is 15.7. The van der Waals surface area contributed by atoms with Gasteiger partial charge in [-0.1, -0.05) is 24.3 Å². The molecule has 4 rings (SSSR count). The minimum atomic E-state index is -0.346. The Morgan fingerprint density at radius 2 is 2.00 bits per heavy atom. The number of nitriles is 1. The van der Waals surface area contributed by atoms with E-state index in [0.29, 0.717) is 22.9 Å². The van der Waals surface area contributed by atoms with E-state index in [1.165, 1.54) is 0 Å². The van der Waals surface area contributed by atoms with Crippen molar-refractivity contribution in [2.75, 3.05) is 0 Å². The summed E-state index contributed by atoms with van der Waals surface area (Å²) in [6.07, 6.45) is 0. The van der Waals surface area contributed by atoms with Crippen LogP contribution in [0, 0.1) is 11.3 Å². The van der Waals surface area contributed by atoms with Crippen molar-refractivity contribution in [1.29, 1.82) is 5.26 Å². The number of hydrogen-bond donors (Lipinski definition) is 2. The lowest BCUT2D eigenvalue weighted by Gasteiger charge is -2.10. The average molecular weight is 386 g/mol. The van der Waals surface area contributed by atoms with Gasteiger partial charge in [0.15, 0.2) is 5.76 Å². The normalized spacial score (nSPS) is 11.7. The summed E-state index contributed by atoms with van der Waals surface area (Å²) in [7, 11) is 0. The first-order valence-electron chi connectivity index (χ1n) is 9.10. The maximum absolute atomic E-state index is 12.5. The third-order valence-corrected chi connectivity index (χ3v) is 4.43. The predicted octanol–water partition coefficient (Wildman–Crippen LogP) is 4.10. The van der Waals surface area contributed by atoms with Gasteiger partial charge in [0, 0.05) is 0 Å². The Hall–Kier alpha value is -4.05. The zero-order valence-corrected chi connectivity index (χ0v) is 15.7. The standard InChI is InChI=1S/C22H18N4O3/c1-14(21-25-17-7-3-4-8-18(17)26-21)24-22(27)20-11-10-16(29-20)13-28-19-9-5-2-6-15(19)12-23/h2-11,14H,13H2,1H3,(H,24,27)(H,25,26). The number of ether oxygens (including phenoxy) is 1. The van der Waals surface area contributed by atoms with Crippen LogP contribution in [-0.4, -0.2) is 15.9 Å². The number of benzene rings is 2. The molecule has 29 heavy (non-hydrogen) atoms. The summed E-state index contributed by atoms with van der Waals surface area (Å²) in [5, 5.41) is 12.0. The number of furan rings is 1. The Morgan fingerprint density at radius 3 is 2.83 bits per heavy atom. The molecule has 0 aliphatic carbocycles. The first-order chi connectivity index (χ1) is 14.1. The zero-order chi connectivity index (χ0) is 20.2. The van der Waals surface area contributed by atoms with Gasteiger partial charge in [-0.25, -0.2) is 4.98 Å². The van der Waals surface area contributed by atoms with Crippen molar-refractivity contribution >= 4 is 16.9 Å². The molecule has 0 aliphatic rings. The van der Waals surface area contributed by atoms with Crippen molar-refractivity contribution in [2.45, 2.75) is 19.6 Å². The predicted molar refractivity (Wildman–Crippen MR) is 106 cm³/mol. The molecule has 1 unspecified atom stereocenters. The van der Waals surface area contributed by atoms with Crippen molar-refractivity contribution < 1.29 is 13.9 Å². The van der Waals surface area contributed by atoms with Gasteiger partial charge in [0.05, 0.1) is 22.6 Å². The number of para-hydroxylation sites is 3. The van der Waals surface area contributed by atoms with Gasteiger partial charge in [-0.3, -0.25) is 4.79 Å². The van der Waals surface area contributed by atoms with Crippen LogP contribution >= 0.6 is 0 Å². The van der Waals surface area contributed by atoms with Gasteiger partial charge in [-0.2, -0.15) is 5.26 Å². The van der Waals surface area contributed by atoms with Crippen LogP contribution in [0.15, 0.2) is 65.1 Å². The fourth-order valence-corrected chi connectivity index (χ4v) is 2.93. The van der Waals surface area contributed by atoms with E-state index in [1.807, 2.05) is 31.2 Å². The highest BCUT2D eigenvalue weighted by molar-refractivity contribution is 5.91. The van der Waals surface area contributed by atoms with E-state index in [-0.39, 0.29) is 24.3 Å². The molecular weight excluding hydrogens is 368 g/mol. The molecule has 0 bridgehead atoms. The number of fused-ring (bicyclic) bond motifs is 1. The number of carbonyl (C=O) groups excluding carboxylic acids is 1. The molecule has 0 fully saturated rings. The lowest BCUT2D eigenvalue weighted by Crippen LogP contribution is -2.27. The summed E-state index contributed by atoms with van der Waals surface area (Å²) in [6, 6.07) is 19.7. The lowest BCUT2D eigenvalue weighted by molar-refractivity contribution is 0.0906. The number of H-pyrrole nitrogens is 1.